The lowest BCUT2D eigenvalue weighted by Crippen LogP contribution is -2.42. The molecule has 0 radical (unpaired) electrons. The minimum absolute atomic E-state index is 0.129. The van der Waals surface area contributed by atoms with Crippen molar-refractivity contribution in [3.63, 3.8) is 0 Å². The van der Waals surface area contributed by atoms with E-state index in [0.29, 0.717) is 37.3 Å². The number of halogens is 2. The van der Waals surface area contributed by atoms with Crippen LogP contribution < -0.4 is 10.1 Å². The molecule has 1 aromatic heterocycles. The standard InChI is InChI=1S/C23H30F2N4O2/c24-20-7-6-19(13-21(20)25)31-11-9-18-12-22(28-27-18)16-8-10-29(14-16)15-23(30)26-17-4-2-1-3-5-17/h6-7,12-13,16-17H,1-5,8-11,14-15H2,(H,26,30)(H,27,28). The van der Waals surface area contributed by atoms with E-state index in [0.717, 1.165) is 55.9 Å². The molecule has 168 valence electrons. The van der Waals surface area contributed by atoms with Crippen molar-refractivity contribution in [2.45, 2.75) is 56.9 Å². The number of H-pyrrole nitrogens is 1. The zero-order valence-electron chi connectivity index (χ0n) is 17.7. The first kappa shape index (κ1) is 21.7. The van der Waals surface area contributed by atoms with E-state index in [1.54, 1.807) is 0 Å². The summed E-state index contributed by atoms with van der Waals surface area (Å²) in [6.07, 6.45) is 7.48. The van der Waals surface area contributed by atoms with Crippen LogP contribution in [0, 0.1) is 11.6 Å². The number of ether oxygens (including phenoxy) is 1. The molecule has 1 aliphatic carbocycles. The lowest BCUT2D eigenvalue weighted by atomic mass is 9.95. The Bertz CT molecular complexity index is 882. The number of rotatable bonds is 8. The van der Waals surface area contributed by atoms with Crippen LogP contribution in [0.4, 0.5) is 8.78 Å². The van der Waals surface area contributed by atoms with Crippen molar-refractivity contribution in [2.24, 2.45) is 0 Å². The van der Waals surface area contributed by atoms with E-state index >= 15 is 0 Å². The van der Waals surface area contributed by atoms with Gasteiger partial charge in [-0.15, -0.1) is 0 Å². The first-order valence-electron chi connectivity index (χ1n) is 11.2. The van der Waals surface area contributed by atoms with Crippen LogP contribution in [0.15, 0.2) is 24.3 Å². The van der Waals surface area contributed by atoms with Gasteiger partial charge in [0.05, 0.1) is 18.8 Å². The predicted molar refractivity (Wildman–Crippen MR) is 113 cm³/mol. The third kappa shape index (κ3) is 6.03. The van der Waals surface area contributed by atoms with Crippen molar-refractivity contribution in [2.75, 3.05) is 26.2 Å². The number of benzene rings is 1. The molecule has 8 heteroatoms. The molecule has 1 saturated carbocycles. The van der Waals surface area contributed by atoms with Crippen LogP contribution >= 0.6 is 0 Å². The molecule has 1 amide bonds. The van der Waals surface area contributed by atoms with Gasteiger partial charge in [-0.25, -0.2) is 8.78 Å². The minimum atomic E-state index is -0.917. The van der Waals surface area contributed by atoms with Gasteiger partial charge in [-0.2, -0.15) is 5.10 Å². The molecule has 1 saturated heterocycles. The van der Waals surface area contributed by atoms with Crippen LogP contribution in [-0.2, 0) is 11.2 Å². The fourth-order valence-electron chi connectivity index (χ4n) is 4.50. The summed E-state index contributed by atoms with van der Waals surface area (Å²) in [5.41, 5.74) is 1.93. The molecule has 0 bridgehead atoms. The Morgan fingerprint density at radius 1 is 1.16 bits per heavy atom. The number of amides is 1. The van der Waals surface area contributed by atoms with Gasteiger partial charge in [0.25, 0.3) is 0 Å². The number of likely N-dealkylation sites (tertiary alicyclic amines) is 1. The number of carbonyl (C=O) groups excluding carboxylic acids is 1. The summed E-state index contributed by atoms with van der Waals surface area (Å²) in [4.78, 5) is 14.6. The van der Waals surface area contributed by atoms with Gasteiger partial charge in [0, 0.05) is 36.7 Å². The highest BCUT2D eigenvalue weighted by Crippen LogP contribution is 2.26. The van der Waals surface area contributed by atoms with Crippen molar-refractivity contribution in [3.05, 3.63) is 47.3 Å². The van der Waals surface area contributed by atoms with Gasteiger partial charge in [-0.05, 0) is 44.0 Å². The quantitative estimate of drug-likeness (QED) is 0.669. The number of hydrogen-bond donors (Lipinski definition) is 2. The summed E-state index contributed by atoms with van der Waals surface area (Å²) in [7, 11) is 0. The second-order valence-corrected chi connectivity index (χ2v) is 8.62. The Balaban J connectivity index is 1.20. The number of hydrogen-bond acceptors (Lipinski definition) is 4. The van der Waals surface area contributed by atoms with E-state index in [-0.39, 0.29) is 5.91 Å². The normalized spacial score (nSPS) is 20.1. The van der Waals surface area contributed by atoms with Crippen LogP contribution in [0.1, 0.15) is 55.8 Å². The van der Waals surface area contributed by atoms with Gasteiger partial charge in [-0.1, -0.05) is 19.3 Å². The lowest BCUT2D eigenvalue weighted by Gasteiger charge is -2.24. The zero-order valence-corrected chi connectivity index (χ0v) is 17.7. The highest BCUT2D eigenvalue weighted by Gasteiger charge is 2.27. The van der Waals surface area contributed by atoms with Gasteiger partial charge < -0.3 is 10.1 Å². The summed E-state index contributed by atoms with van der Waals surface area (Å²) < 4.78 is 31.7. The summed E-state index contributed by atoms with van der Waals surface area (Å²) in [5, 5.41) is 10.7. The zero-order chi connectivity index (χ0) is 21.6. The van der Waals surface area contributed by atoms with Crippen LogP contribution in [0.3, 0.4) is 0 Å². The van der Waals surface area contributed by atoms with Crippen LogP contribution in [0.25, 0.3) is 0 Å². The molecule has 2 fully saturated rings. The number of aromatic amines is 1. The van der Waals surface area contributed by atoms with Crippen LogP contribution in [0.5, 0.6) is 5.75 Å². The predicted octanol–water partition coefficient (Wildman–Crippen LogP) is 3.55. The fraction of sp³-hybridized carbons (Fsp3) is 0.565. The van der Waals surface area contributed by atoms with Crippen molar-refractivity contribution in [1.82, 2.24) is 20.4 Å². The van der Waals surface area contributed by atoms with Crippen molar-refractivity contribution >= 4 is 5.91 Å². The summed E-state index contributed by atoms with van der Waals surface area (Å²) >= 11 is 0. The van der Waals surface area contributed by atoms with Gasteiger partial charge >= 0.3 is 0 Å². The Kier molecular flexibility index (Phi) is 7.17. The molecule has 2 aliphatic rings. The molecule has 4 rings (SSSR count). The van der Waals surface area contributed by atoms with E-state index in [1.165, 1.54) is 25.3 Å². The first-order chi connectivity index (χ1) is 15.1. The monoisotopic (exact) mass is 432 g/mol. The molecule has 1 unspecified atom stereocenters. The molecule has 2 heterocycles. The molecule has 1 atom stereocenters. The van der Waals surface area contributed by atoms with Gasteiger partial charge in [0.1, 0.15) is 5.75 Å². The molecular formula is C23H30F2N4O2. The van der Waals surface area contributed by atoms with Crippen LogP contribution in [0.2, 0.25) is 0 Å². The van der Waals surface area contributed by atoms with E-state index in [2.05, 4.69) is 20.4 Å². The maximum absolute atomic E-state index is 13.2. The summed E-state index contributed by atoms with van der Waals surface area (Å²) in [5.74, 6) is -1.07. The average Bonchev–Trinajstić information content (AvgIpc) is 3.41. The van der Waals surface area contributed by atoms with E-state index in [4.69, 9.17) is 4.74 Å². The van der Waals surface area contributed by atoms with Gasteiger partial charge in [0.15, 0.2) is 11.6 Å². The highest BCUT2D eigenvalue weighted by molar-refractivity contribution is 5.78. The number of nitrogens with zero attached hydrogens (tertiary/aromatic N) is 2. The second kappa shape index (κ2) is 10.2. The number of nitrogens with one attached hydrogen (secondary N) is 2. The van der Waals surface area contributed by atoms with E-state index < -0.39 is 11.6 Å². The molecule has 0 spiro atoms. The van der Waals surface area contributed by atoms with Crippen LogP contribution in [-0.4, -0.2) is 53.3 Å². The summed E-state index contributed by atoms with van der Waals surface area (Å²) in [6, 6.07) is 5.90. The third-order valence-electron chi connectivity index (χ3n) is 6.21. The first-order valence-corrected chi connectivity index (χ1v) is 11.2. The van der Waals surface area contributed by atoms with E-state index in [9.17, 15) is 13.6 Å². The maximum Gasteiger partial charge on any atom is 0.234 e. The SMILES string of the molecule is O=C(CN1CCC(c2cc(CCOc3ccc(F)c(F)c3)[nH]n2)C1)NC1CCCCC1. The Morgan fingerprint density at radius 3 is 2.81 bits per heavy atom. The molecule has 2 N–H and O–H groups in total. The molecular weight excluding hydrogens is 402 g/mol. The molecule has 31 heavy (non-hydrogen) atoms. The smallest absolute Gasteiger partial charge is 0.234 e. The van der Waals surface area contributed by atoms with Crippen molar-refractivity contribution in [1.29, 1.82) is 0 Å². The summed E-state index contributed by atoms with van der Waals surface area (Å²) in [6.45, 7) is 2.51. The Hall–Kier alpha value is -2.48. The van der Waals surface area contributed by atoms with Crippen molar-refractivity contribution in [3.8, 4) is 5.75 Å². The second-order valence-electron chi connectivity index (χ2n) is 8.62. The molecule has 6 nitrogen and oxygen atoms in total. The molecule has 1 aliphatic heterocycles. The molecule has 2 aromatic rings. The largest absolute Gasteiger partial charge is 0.493 e. The van der Waals surface area contributed by atoms with Crippen molar-refractivity contribution < 1.29 is 18.3 Å². The number of aromatic nitrogens is 2. The maximum atomic E-state index is 13.2. The Labute approximate surface area is 181 Å². The van der Waals surface area contributed by atoms with Gasteiger partial charge in [0.2, 0.25) is 5.91 Å². The minimum Gasteiger partial charge on any atom is -0.493 e. The highest BCUT2D eigenvalue weighted by atomic mass is 19.2. The van der Waals surface area contributed by atoms with E-state index in [1.807, 2.05) is 6.07 Å². The third-order valence-corrected chi connectivity index (χ3v) is 6.21. The van der Waals surface area contributed by atoms with Gasteiger partial charge in [-0.3, -0.25) is 14.8 Å². The average molecular weight is 433 g/mol. The topological polar surface area (TPSA) is 70.2 Å². The number of carbonyl (C=O) groups is 1. The lowest BCUT2D eigenvalue weighted by molar-refractivity contribution is -0.122. The fourth-order valence-corrected chi connectivity index (χ4v) is 4.50. The molecule has 1 aromatic carbocycles. The Morgan fingerprint density at radius 2 is 2.00 bits per heavy atom.